The van der Waals surface area contributed by atoms with Crippen molar-refractivity contribution in [2.45, 2.75) is 6.92 Å². The van der Waals surface area contributed by atoms with Crippen LogP contribution in [0.2, 0.25) is 0 Å². The predicted molar refractivity (Wildman–Crippen MR) is 59.8 cm³/mol. The second-order valence-corrected chi connectivity index (χ2v) is 4.04. The number of nitrogens with zero attached hydrogens (tertiary/aromatic N) is 3. The fourth-order valence-corrected chi connectivity index (χ4v) is 2.07. The van der Waals surface area contributed by atoms with Crippen LogP contribution < -0.4 is 5.32 Å². The number of nitrogens with one attached hydrogen (secondary N) is 1. The molecule has 0 unspecified atom stereocenters. The van der Waals surface area contributed by atoms with Gasteiger partial charge in [0.25, 0.3) is 5.91 Å². The summed E-state index contributed by atoms with van der Waals surface area (Å²) in [7, 11) is 1.59. The SMILES string of the molecule is COCCNC(=O)c1c(C)nc2scnn12. The highest BCUT2D eigenvalue weighted by Gasteiger charge is 2.17. The van der Waals surface area contributed by atoms with Crippen molar-refractivity contribution >= 4 is 22.2 Å². The normalized spacial score (nSPS) is 10.9. The number of carbonyl (C=O) groups excluding carboxylic acids is 1. The molecule has 1 N–H and O–H groups in total. The Labute approximate surface area is 96.2 Å². The maximum absolute atomic E-state index is 11.9. The molecule has 0 fully saturated rings. The second kappa shape index (κ2) is 4.58. The van der Waals surface area contributed by atoms with E-state index >= 15 is 0 Å². The molecule has 2 aromatic rings. The van der Waals surface area contributed by atoms with Gasteiger partial charge in [-0.15, -0.1) is 0 Å². The number of amides is 1. The van der Waals surface area contributed by atoms with E-state index in [0.717, 1.165) is 4.96 Å². The van der Waals surface area contributed by atoms with E-state index in [1.807, 2.05) is 0 Å². The van der Waals surface area contributed by atoms with Crippen LogP contribution in [0.15, 0.2) is 5.51 Å². The van der Waals surface area contributed by atoms with Gasteiger partial charge in [-0.3, -0.25) is 4.79 Å². The molecular formula is C9H12N4O2S. The Hall–Kier alpha value is -1.47. The summed E-state index contributed by atoms with van der Waals surface area (Å²) in [5, 5.41) is 6.82. The summed E-state index contributed by atoms with van der Waals surface area (Å²) in [4.78, 5) is 16.8. The van der Waals surface area contributed by atoms with Crippen molar-refractivity contribution in [3.63, 3.8) is 0 Å². The summed E-state index contributed by atoms with van der Waals surface area (Å²) in [5.41, 5.74) is 2.84. The van der Waals surface area contributed by atoms with Gasteiger partial charge >= 0.3 is 0 Å². The lowest BCUT2D eigenvalue weighted by Crippen LogP contribution is -2.28. The molecule has 0 saturated heterocycles. The van der Waals surface area contributed by atoms with Gasteiger partial charge in [-0.25, -0.2) is 4.98 Å². The Kier molecular flexibility index (Phi) is 3.16. The van der Waals surface area contributed by atoms with E-state index in [4.69, 9.17) is 4.74 Å². The van der Waals surface area contributed by atoms with E-state index in [1.165, 1.54) is 11.3 Å². The van der Waals surface area contributed by atoms with E-state index in [-0.39, 0.29) is 5.91 Å². The van der Waals surface area contributed by atoms with Gasteiger partial charge in [0.2, 0.25) is 4.96 Å². The Morgan fingerprint density at radius 2 is 2.50 bits per heavy atom. The first-order valence-electron chi connectivity index (χ1n) is 4.80. The predicted octanol–water partition coefficient (Wildman–Crippen LogP) is 0.475. The Morgan fingerprint density at radius 3 is 3.25 bits per heavy atom. The fourth-order valence-electron chi connectivity index (χ4n) is 1.40. The monoisotopic (exact) mass is 240 g/mol. The van der Waals surface area contributed by atoms with Crippen LogP contribution in [0, 0.1) is 6.92 Å². The molecule has 6 nitrogen and oxygen atoms in total. The topological polar surface area (TPSA) is 68.5 Å². The van der Waals surface area contributed by atoms with Gasteiger partial charge < -0.3 is 10.1 Å². The number of hydrogen-bond donors (Lipinski definition) is 1. The molecule has 0 radical (unpaired) electrons. The molecule has 0 aromatic carbocycles. The maximum Gasteiger partial charge on any atom is 0.272 e. The number of carbonyl (C=O) groups is 1. The highest BCUT2D eigenvalue weighted by molar-refractivity contribution is 7.14. The summed E-state index contributed by atoms with van der Waals surface area (Å²) < 4.78 is 6.42. The summed E-state index contributed by atoms with van der Waals surface area (Å²) >= 11 is 1.40. The van der Waals surface area contributed by atoms with Crippen molar-refractivity contribution in [3.8, 4) is 0 Å². The largest absolute Gasteiger partial charge is 0.383 e. The van der Waals surface area contributed by atoms with Crippen molar-refractivity contribution in [3.05, 3.63) is 16.9 Å². The van der Waals surface area contributed by atoms with E-state index in [2.05, 4.69) is 15.4 Å². The molecule has 16 heavy (non-hydrogen) atoms. The fraction of sp³-hybridized carbons (Fsp3) is 0.444. The number of methoxy groups -OCH3 is 1. The molecule has 86 valence electrons. The molecule has 2 aromatic heterocycles. The molecule has 0 aliphatic rings. The lowest BCUT2D eigenvalue weighted by molar-refractivity contribution is 0.0929. The average molecular weight is 240 g/mol. The molecule has 0 aliphatic heterocycles. The molecule has 2 rings (SSSR count). The van der Waals surface area contributed by atoms with Gasteiger partial charge in [0, 0.05) is 13.7 Å². The molecular weight excluding hydrogens is 228 g/mol. The third kappa shape index (κ3) is 1.91. The first kappa shape index (κ1) is 11.0. The summed E-state index contributed by atoms with van der Waals surface area (Å²) in [6, 6.07) is 0. The third-order valence-electron chi connectivity index (χ3n) is 2.13. The Balaban J connectivity index is 2.21. The van der Waals surface area contributed by atoms with Crippen molar-refractivity contribution in [2.75, 3.05) is 20.3 Å². The van der Waals surface area contributed by atoms with Crippen LogP contribution in [0.1, 0.15) is 16.2 Å². The van der Waals surface area contributed by atoms with Crippen molar-refractivity contribution in [2.24, 2.45) is 0 Å². The molecule has 0 bridgehead atoms. The minimum atomic E-state index is -0.173. The Bertz CT molecular complexity index is 505. The molecule has 2 heterocycles. The number of imidazole rings is 1. The first-order chi connectivity index (χ1) is 7.74. The van der Waals surface area contributed by atoms with E-state index in [0.29, 0.717) is 24.5 Å². The quantitative estimate of drug-likeness (QED) is 0.789. The number of hydrogen-bond acceptors (Lipinski definition) is 5. The average Bonchev–Trinajstić information content (AvgIpc) is 2.77. The highest BCUT2D eigenvalue weighted by Crippen LogP contribution is 2.14. The molecule has 0 aliphatic carbocycles. The molecule has 7 heteroatoms. The van der Waals surface area contributed by atoms with Gasteiger partial charge in [-0.2, -0.15) is 9.61 Å². The zero-order valence-corrected chi connectivity index (χ0v) is 9.87. The molecule has 0 saturated carbocycles. The lowest BCUT2D eigenvalue weighted by Gasteiger charge is -2.03. The highest BCUT2D eigenvalue weighted by atomic mass is 32.1. The number of aromatic nitrogens is 3. The number of ether oxygens (including phenoxy) is 1. The zero-order chi connectivity index (χ0) is 11.5. The maximum atomic E-state index is 11.9. The second-order valence-electron chi connectivity index (χ2n) is 3.23. The molecule has 1 amide bonds. The zero-order valence-electron chi connectivity index (χ0n) is 9.06. The minimum absolute atomic E-state index is 0.173. The van der Waals surface area contributed by atoms with E-state index in [1.54, 1.807) is 24.1 Å². The van der Waals surface area contributed by atoms with Crippen LogP contribution in [0.3, 0.4) is 0 Å². The molecule has 0 atom stereocenters. The van der Waals surface area contributed by atoms with Crippen LogP contribution in [0.25, 0.3) is 4.96 Å². The number of aryl methyl sites for hydroxylation is 1. The number of fused-ring (bicyclic) bond motifs is 1. The van der Waals surface area contributed by atoms with E-state index in [9.17, 15) is 4.79 Å². The van der Waals surface area contributed by atoms with Crippen molar-refractivity contribution < 1.29 is 9.53 Å². The van der Waals surface area contributed by atoms with Crippen molar-refractivity contribution in [1.29, 1.82) is 0 Å². The number of rotatable bonds is 4. The van der Waals surface area contributed by atoms with Gasteiger partial charge in [0.05, 0.1) is 12.3 Å². The lowest BCUT2D eigenvalue weighted by atomic mass is 10.3. The summed E-state index contributed by atoms with van der Waals surface area (Å²) in [6.45, 7) is 2.77. The smallest absolute Gasteiger partial charge is 0.272 e. The van der Waals surface area contributed by atoms with Gasteiger partial charge in [0.1, 0.15) is 5.51 Å². The van der Waals surface area contributed by atoms with Crippen LogP contribution in [0.4, 0.5) is 0 Å². The molecule has 0 spiro atoms. The summed E-state index contributed by atoms with van der Waals surface area (Å²) in [5.74, 6) is -0.173. The van der Waals surface area contributed by atoms with Crippen LogP contribution in [-0.2, 0) is 4.74 Å². The third-order valence-corrected chi connectivity index (χ3v) is 2.80. The van der Waals surface area contributed by atoms with Crippen LogP contribution in [-0.4, -0.2) is 40.8 Å². The van der Waals surface area contributed by atoms with Crippen molar-refractivity contribution in [1.82, 2.24) is 19.9 Å². The van der Waals surface area contributed by atoms with E-state index < -0.39 is 0 Å². The van der Waals surface area contributed by atoms with Gasteiger partial charge in [-0.1, -0.05) is 11.3 Å². The van der Waals surface area contributed by atoms with Gasteiger partial charge in [-0.05, 0) is 6.92 Å². The summed E-state index contributed by atoms with van der Waals surface area (Å²) in [6.07, 6.45) is 0. The van der Waals surface area contributed by atoms with Crippen LogP contribution >= 0.6 is 11.3 Å². The minimum Gasteiger partial charge on any atom is -0.383 e. The first-order valence-corrected chi connectivity index (χ1v) is 5.68. The van der Waals surface area contributed by atoms with Crippen LogP contribution in [0.5, 0.6) is 0 Å². The van der Waals surface area contributed by atoms with Gasteiger partial charge in [0.15, 0.2) is 5.69 Å². The Morgan fingerprint density at radius 1 is 1.69 bits per heavy atom. The standard InChI is InChI=1S/C9H12N4O2S/c1-6-7(8(14)10-3-4-15-2)13-9(12-6)16-5-11-13/h5H,3-4H2,1-2H3,(H,10,14).